The van der Waals surface area contributed by atoms with Gasteiger partial charge in [0.25, 0.3) is 5.91 Å². The predicted octanol–water partition coefficient (Wildman–Crippen LogP) is 0.0703. The second kappa shape index (κ2) is 9.81. The van der Waals surface area contributed by atoms with Gasteiger partial charge in [0, 0.05) is 20.2 Å². The van der Waals surface area contributed by atoms with Gasteiger partial charge in [-0.05, 0) is 24.3 Å². The maximum Gasteiger partial charge on any atom is 0.338 e. The topological polar surface area (TPSA) is 111 Å². The van der Waals surface area contributed by atoms with Gasteiger partial charge in [-0.15, -0.1) is 6.58 Å². The lowest BCUT2D eigenvalue weighted by Gasteiger charge is -2.07. The van der Waals surface area contributed by atoms with Crippen molar-refractivity contribution in [3.05, 3.63) is 42.5 Å². The highest BCUT2D eigenvalue weighted by atomic mass is 32.2. The molecule has 0 bridgehead atoms. The number of sulfonamides is 1. The summed E-state index contributed by atoms with van der Waals surface area (Å²) in [5.74, 6) is -1.17. The molecule has 1 aromatic rings. The molecule has 2 N–H and O–H groups in total. The Labute approximate surface area is 140 Å². The normalized spacial score (nSPS) is 10.9. The number of carbonyl (C=O) groups is 2. The molecular weight excluding hydrogens is 336 g/mol. The number of benzene rings is 1. The van der Waals surface area contributed by atoms with Crippen molar-refractivity contribution in [3.63, 3.8) is 0 Å². The third kappa shape index (κ3) is 6.49. The van der Waals surface area contributed by atoms with E-state index in [0.29, 0.717) is 13.2 Å². The van der Waals surface area contributed by atoms with Gasteiger partial charge in [-0.25, -0.2) is 17.9 Å². The van der Waals surface area contributed by atoms with Gasteiger partial charge in [-0.3, -0.25) is 4.79 Å². The molecule has 0 saturated heterocycles. The zero-order valence-electron chi connectivity index (χ0n) is 13.3. The summed E-state index contributed by atoms with van der Waals surface area (Å²) in [4.78, 5) is 23.2. The molecule has 0 spiro atoms. The minimum Gasteiger partial charge on any atom is -0.452 e. The van der Waals surface area contributed by atoms with Crippen LogP contribution in [0.25, 0.3) is 0 Å². The average Bonchev–Trinajstić information content (AvgIpc) is 2.58. The lowest BCUT2D eigenvalue weighted by molar-refractivity contribution is -0.124. The van der Waals surface area contributed by atoms with E-state index in [2.05, 4.69) is 16.6 Å². The molecule has 132 valence electrons. The molecule has 0 radical (unpaired) electrons. The van der Waals surface area contributed by atoms with Crippen LogP contribution in [0.4, 0.5) is 0 Å². The van der Waals surface area contributed by atoms with Crippen LogP contribution in [0.1, 0.15) is 10.4 Å². The van der Waals surface area contributed by atoms with Crippen LogP contribution in [-0.4, -0.2) is 53.7 Å². The van der Waals surface area contributed by atoms with Crippen molar-refractivity contribution in [2.24, 2.45) is 0 Å². The zero-order valence-corrected chi connectivity index (χ0v) is 14.1. The Morgan fingerprint density at radius 3 is 2.50 bits per heavy atom. The van der Waals surface area contributed by atoms with Gasteiger partial charge in [0.15, 0.2) is 6.61 Å². The molecule has 9 heteroatoms. The summed E-state index contributed by atoms with van der Waals surface area (Å²) < 4.78 is 35.7. The summed E-state index contributed by atoms with van der Waals surface area (Å²) in [6, 6.07) is 5.18. The highest BCUT2D eigenvalue weighted by Gasteiger charge is 2.15. The quantitative estimate of drug-likeness (QED) is 0.349. The number of rotatable bonds is 10. The molecule has 0 aliphatic heterocycles. The van der Waals surface area contributed by atoms with Crippen LogP contribution in [0, 0.1) is 0 Å². The van der Waals surface area contributed by atoms with Crippen LogP contribution in [0.5, 0.6) is 0 Å². The van der Waals surface area contributed by atoms with E-state index in [-0.39, 0.29) is 17.0 Å². The monoisotopic (exact) mass is 356 g/mol. The SMILES string of the molecule is C=CCNS(=O)(=O)c1ccc(C(=O)OCC(=O)NCCOC)cc1. The Balaban J connectivity index is 2.57. The maximum absolute atomic E-state index is 11.9. The van der Waals surface area contributed by atoms with Gasteiger partial charge in [-0.1, -0.05) is 6.08 Å². The number of ether oxygens (including phenoxy) is 2. The molecular formula is C15H20N2O6S. The number of methoxy groups -OCH3 is 1. The summed E-state index contributed by atoms with van der Waals surface area (Å²) in [5.41, 5.74) is 0.141. The minimum atomic E-state index is -3.65. The molecule has 1 rings (SSSR count). The largest absolute Gasteiger partial charge is 0.452 e. The van der Waals surface area contributed by atoms with Crippen molar-refractivity contribution in [1.82, 2.24) is 10.0 Å². The van der Waals surface area contributed by atoms with Crippen molar-refractivity contribution in [1.29, 1.82) is 0 Å². The van der Waals surface area contributed by atoms with E-state index in [9.17, 15) is 18.0 Å². The minimum absolute atomic E-state index is 0.0122. The van der Waals surface area contributed by atoms with E-state index in [1.165, 1.54) is 37.5 Å². The smallest absolute Gasteiger partial charge is 0.338 e. The number of amides is 1. The molecule has 0 aromatic heterocycles. The predicted molar refractivity (Wildman–Crippen MR) is 87.0 cm³/mol. The Bertz CT molecular complexity index is 670. The summed E-state index contributed by atoms with van der Waals surface area (Å²) >= 11 is 0. The first kappa shape index (κ1) is 19.8. The van der Waals surface area contributed by atoms with Crippen LogP contribution in [0.3, 0.4) is 0 Å². The Morgan fingerprint density at radius 1 is 1.25 bits per heavy atom. The lowest BCUT2D eigenvalue weighted by atomic mass is 10.2. The van der Waals surface area contributed by atoms with Crippen molar-refractivity contribution in [2.75, 3.05) is 33.4 Å². The Hall–Kier alpha value is -2.23. The molecule has 0 heterocycles. The number of hydrogen-bond donors (Lipinski definition) is 2. The van der Waals surface area contributed by atoms with Crippen molar-refractivity contribution >= 4 is 21.9 Å². The van der Waals surface area contributed by atoms with Crippen LogP contribution < -0.4 is 10.0 Å². The van der Waals surface area contributed by atoms with E-state index in [1.54, 1.807) is 0 Å². The molecule has 0 aliphatic carbocycles. The lowest BCUT2D eigenvalue weighted by Crippen LogP contribution is -2.31. The van der Waals surface area contributed by atoms with E-state index in [4.69, 9.17) is 9.47 Å². The van der Waals surface area contributed by atoms with Crippen LogP contribution in [-0.2, 0) is 24.3 Å². The highest BCUT2D eigenvalue weighted by Crippen LogP contribution is 2.11. The summed E-state index contributed by atoms with van der Waals surface area (Å²) in [7, 11) is -2.15. The first-order valence-electron chi connectivity index (χ1n) is 7.04. The molecule has 1 amide bonds. The van der Waals surface area contributed by atoms with E-state index >= 15 is 0 Å². The van der Waals surface area contributed by atoms with Crippen LogP contribution in [0.2, 0.25) is 0 Å². The first-order valence-corrected chi connectivity index (χ1v) is 8.52. The number of hydrogen-bond acceptors (Lipinski definition) is 6. The Morgan fingerprint density at radius 2 is 1.92 bits per heavy atom. The van der Waals surface area contributed by atoms with Crippen molar-refractivity contribution < 1.29 is 27.5 Å². The van der Waals surface area contributed by atoms with E-state index in [1.807, 2.05) is 0 Å². The van der Waals surface area contributed by atoms with Gasteiger partial charge in [-0.2, -0.15) is 0 Å². The Kier molecular flexibility index (Phi) is 8.10. The van der Waals surface area contributed by atoms with Gasteiger partial charge < -0.3 is 14.8 Å². The third-order valence-corrected chi connectivity index (χ3v) is 4.22. The molecule has 0 fully saturated rings. The molecule has 0 atom stereocenters. The van der Waals surface area contributed by atoms with Crippen LogP contribution in [0.15, 0.2) is 41.8 Å². The van der Waals surface area contributed by atoms with Crippen LogP contribution >= 0.6 is 0 Å². The second-order valence-electron chi connectivity index (χ2n) is 4.58. The van der Waals surface area contributed by atoms with Crippen molar-refractivity contribution in [2.45, 2.75) is 4.90 Å². The van der Waals surface area contributed by atoms with E-state index < -0.39 is 28.5 Å². The van der Waals surface area contributed by atoms with Gasteiger partial charge in [0.2, 0.25) is 10.0 Å². The standard InChI is InChI=1S/C15H20N2O6S/c1-3-8-17-24(20,21)13-6-4-12(5-7-13)15(19)23-11-14(18)16-9-10-22-2/h3-7,17H,1,8-11H2,2H3,(H,16,18). The van der Waals surface area contributed by atoms with Crippen molar-refractivity contribution in [3.8, 4) is 0 Å². The number of esters is 1. The summed E-state index contributed by atoms with van der Waals surface area (Å²) in [5, 5.41) is 2.50. The maximum atomic E-state index is 11.9. The van der Waals surface area contributed by atoms with Gasteiger partial charge >= 0.3 is 5.97 Å². The molecule has 0 unspecified atom stereocenters. The van der Waals surface area contributed by atoms with Gasteiger partial charge in [0.05, 0.1) is 17.1 Å². The third-order valence-electron chi connectivity index (χ3n) is 2.78. The molecule has 0 saturated carbocycles. The molecule has 24 heavy (non-hydrogen) atoms. The average molecular weight is 356 g/mol. The molecule has 1 aromatic carbocycles. The summed E-state index contributed by atoms with van der Waals surface area (Å²) in [6.45, 7) is 3.77. The van der Waals surface area contributed by atoms with Gasteiger partial charge in [0.1, 0.15) is 0 Å². The highest BCUT2D eigenvalue weighted by molar-refractivity contribution is 7.89. The summed E-state index contributed by atoms with van der Waals surface area (Å²) in [6.07, 6.45) is 1.42. The fourth-order valence-electron chi connectivity index (χ4n) is 1.58. The second-order valence-corrected chi connectivity index (χ2v) is 6.35. The molecule has 0 aliphatic rings. The fraction of sp³-hybridized carbons (Fsp3) is 0.333. The zero-order chi connectivity index (χ0) is 18.0. The first-order chi connectivity index (χ1) is 11.4. The molecule has 8 nitrogen and oxygen atoms in total. The fourth-order valence-corrected chi connectivity index (χ4v) is 2.58. The van der Waals surface area contributed by atoms with E-state index in [0.717, 1.165) is 0 Å². The number of nitrogens with one attached hydrogen (secondary N) is 2. The number of carbonyl (C=O) groups excluding carboxylic acids is 2.